The van der Waals surface area contributed by atoms with Crippen molar-refractivity contribution in [2.75, 3.05) is 26.8 Å². The fourth-order valence-corrected chi connectivity index (χ4v) is 2.37. The summed E-state index contributed by atoms with van der Waals surface area (Å²) in [6.07, 6.45) is 0. The third kappa shape index (κ3) is 4.25. The minimum absolute atomic E-state index is 0. The van der Waals surface area contributed by atoms with E-state index in [4.69, 9.17) is 9.47 Å². The summed E-state index contributed by atoms with van der Waals surface area (Å²) in [4.78, 5) is 14.1. The van der Waals surface area contributed by atoms with Crippen LogP contribution in [0.25, 0.3) is 0 Å². The zero-order chi connectivity index (χ0) is 14.5. The molecule has 1 saturated heterocycles. The van der Waals surface area contributed by atoms with Crippen LogP contribution in [0.3, 0.4) is 0 Å². The van der Waals surface area contributed by atoms with Crippen molar-refractivity contribution in [1.82, 2.24) is 10.2 Å². The fraction of sp³-hybridized carbons (Fsp3) is 0.533. The molecule has 1 aromatic rings. The lowest BCUT2D eigenvalue weighted by Gasteiger charge is -2.38. The Balaban J connectivity index is 0.00000220. The molecule has 118 valence electrons. The van der Waals surface area contributed by atoms with E-state index in [-0.39, 0.29) is 31.0 Å². The van der Waals surface area contributed by atoms with Gasteiger partial charge in [-0.15, -0.1) is 12.4 Å². The van der Waals surface area contributed by atoms with Gasteiger partial charge >= 0.3 is 0 Å². The molecule has 0 bridgehead atoms. The number of carbonyl (C=O) groups is 1. The maximum absolute atomic E-state index is 12.3. The zero-order valence-corrected chi connectivity index (χ0v) is 13.5. The number of rotatable bonds is 4. The Morgan fingerprint density at radius 1 is 1.33 bits per heavy atom. The van der Waals surface area contributed by atoms with Gasteiger partial charge in [0.25, 0.3) is 5.91 Å². The molecular formula is C15H23ClN2O3. The van der Waals surface area contributed by atoms with Crippen LogP contribution in [-0.4, -0.2) is 49.7 Å². The van der Waals surface area contributed by atoms with Crippen molar-refractivity contribution >= 4 is 18.3 Å². The normalized spacial score (nSPS) is 21.4. The largest absolute Gasteiger partial charge is 0.493 e. The topological polar surface area (TPSA) is 50.8 Å². The SMILES string of the molecule is COc1ccccc1OCC(=O)N1CCNC(C)C1C.Cl. The van der Waals surface area contributed by atoms with Crippen molar-refractivity contribution in [3.05, 3.63) is 24.3 Å². The predicted octanol–water partition coefficient (Wildman–Crippen LogP) is 1.70. The molecule has 6 heteroatoms. The van der Waals surface area contributed by atoms with E-state index in [0.717, 1.165) is 13.1 Å². The molecule has 0 saturated carbocycles. The number of piperazine rings is 1. The molecule has 5 nitrogen and oxygen atoms in total. The minimum Gasteiger partial charge on any atom is -0.493 e. The number of halogens is 1. The summed E-state index contributed by atoms with van der Waals surface area (Å²) in [6.45, 7) is 5.73. The van der Waals surface area contributed by atoms with Gasteiger partial charge in [-0.1, -0.05) is 12.1 Å². The average molecular weight is 315 g/mol. The summed E-state index contributed by atoms with van der Waals surface area (Å²) in [5, 5.41) is 3.35. The van der Waals surface area contributed by atoms with Gasteiger partial charge in [0.15, 0.2) is 18.1 Å². The second-order valence-electron chi connectivity index (χ2n) is 5.01. The zero-order valence-electron chi connectivity index (χ0n) is 12.7. The van der Waals surface area contributed by atoms with Crippen LogP contribution in [0.15, 0.2) is 24.3 Å². The molecule has 2 rings (SSSR count). The molecular weight excluding hydrogens is 292 g/mol. The first kappa shape index (κ1) is 17.6. The average Bonchev–Trinajstić information content (AvgIpc) is 2.48. The quantitative estimate of drug-likeness (QED) is 0.919. The third-order valence-corrected chi connectivity index (χ3v) is 3.77. The molecule has 0 aromatic heterocycles. The molecule has 1 amide bonds. The van der Waals surface area contributed by atoms with Gasteiger partial charge in [-0.3, -0.25) is 4.79 Å². The van der Waals surface area contributed by atoms with Crippen LogP contribution in [0.4, 0.5) is 0 Å². The highest BCUT2D eigenvalue weighted by Gasteiger charge is 2.28. The Kier molecular flexibility index (Phi) is 6.78. The standard InChI is InChI=1S/C15H22N2O3.ClH/c1-11-12(2)17(9-8-16-11)15(18)10-20-14-7-5-4-6-13(14)19-3;/h4-7,11-12,16H,8-10H2,1-3H3;1H. The number of nitrogens with one attached hydrogen (secondary N) is 1. The highest BCUT2D eigenvalue weighted by Crippen LogP contribution is 2.25. The van der Waals surface area contributed by atoms with Gasteiger partial charge in [-0.25, -0.2) is 0 Å². The number of hydrogen-bond donors (Lipinski definition) is 1. The van der Waals surface area contributed by atoms with Crippen LogP contribution in [0.2, 0.25) is 0 Å². The number of para-hydroxylation sites is 2. The summed E-state index contributed by atoms with van der Waals surface area (Å²) in [6, 6.07) is 7.83. The van der Waals surface area contributed by atoms with E-state index in [0.29, 0.717) is 17.5 Å². The van der Waals surface area contributed by atoms with E-state index in [2.05, 4.69) is 19.2 Å². The highest BCUT2D eigenvalue weighted by molar-refractivity contribution is 5.85. The van der Waals surface area contributed by atoms with E-state index in [1.165, 1.54) is 0 Å². The maximum Gasteiger partial charge on any atom is 0.260 e. The van der Waals surface area contributed by atoms with Crippen LogP contribution in [0, 0.1) is 0 Å². The second kappa shape index (κ2) is 8.10. The molecule has 1 fully saturated rings. The van der Waals surface area contributed by atoms with E-state index < -0.39 is 0 Å². The summed E-state index contributed by atoms with van der Waals surface area (Å²) >= 11 is 0. The summed E-state index contributed by atoms with van der Waals surface area (Å²) in [5.41, 5.74) is 0. The van der Waals surface area contributed by atoms with Crippen LogP contribution in [-0.2, 0) is 4.79 Å². The third-order valence-electron chi connectivity index (χ3n) is 3.77. The number of carbonyl (C=O) groups excluding carboxylic acids is 1. The van der Waals surface area contributed by atoms with Gasteiger partial charge in [-0.2, -0.15) is 0 Å². The summed E-state index contributed by atoms with van der Waals surface area (Å²) in [7, 11) is 1.59. The summed E-state index contributed by atoms with van der Waals surface area (Å²) in [5.74, 6) is 1.25. The highest BCUT2D eigenvalue weighted by atomic mass is 35.5. The van der Waals surface area contributed by atoms with E-state index >= 15 is 0 Å². The van der Waals surface area contributed by atoms with Gasteiger partial charge in [0.2, 0.25) is 0 Å². The predicted molar refractivity (Wildman–Crippen MR) is 84.4 cm³/mol. The molecule has 0 spiro atoms. The molecule has 1 aromatic carbocycles. The Morgan fingerprint density at radius 3 is 2.67 bits per heavy atom. The first-order chi connectivity index (χ1) is 9.63. The van der Waals surface area contributed by atoms with Gasteiger partial charge in [0.1, 0.15) is 0 Å². The number of ether oxygens (including phenoxy) is 2. The smallest absolute Gasteiger partial charge is 0.260 e. The van der Waals surface area contributed by atoms with Crippen LogP contribution in [0.1, 0.15) is 13.8 Å². The monoisotopic (exact) mass is 314 g/mol. The number of methoxy groups -OCH3 is 1. The number of hydrogen-bond acceptors (Lipinski definition) is 4. The van der Waals surface area contributed by atoms with Crippen molar-refractivity contribution in [1.29, 1.82) is 0 Å². The van der Waals surface area contributed by atoms with Gasteiger partial charge in [0, 0.05) is 25.2 Å². The van der Waals surface area contributed by atoms with Gasteiger partial charge in [0.05, 0.1) is 7.11 Å². The molecule has 1 aliphatic rings. The Labute approximate surface area is 132 Å². The van der Waals surface area contributed by atoms with Gasteiger partial charge in [-0.05, 0) is 26.0 Å². The first-order valence-corrected chi connectivity index (χ1v) is 6.92. The van der Waals surface area contributed by atoms with E-state index in [1.807, 2.05) is 23.1 Å². The van der Waals surface area contributed by atoms with E-state index in [9.17, 15) is 4.79 Å². The lowest BCUT2D eigenvalue weighted by molar-refractivity contribution is -0.137. The summed E-state index contributed by atoms with van der Waals surface area (Å²) < 4.78 is 10.8. The minimum atomic E-state index is 0. The Bertz CT molecular complexity index is 470. The number of nitrogens with zero attached hydrogens (tertiary/aromatic N) is 1. The number of benzene rings is 1. The molecule has 1 heterocycles. The first-order valence-electron chi connectivity index (χ1n) is 6.92. The van der Waals surface area contributed by atoms with Crippen molar-refractivity contribution < 1.29 is 14.3 Å². The van der Waals surface area contributed by atoms with Gasteiger partial charge < -0.3 is 19.7 Å². The molecule has 2 atom stereocenters. The van der Waals surface area contributed by atoms with E-state index in [1.54, 1.807) is 13.2 Å². The fourth-order valence-electron chi connectivity index (χ4n) is 2.37. The molecule has 1 aliphatic heterocycles. The van der Waals surface area contributed by atoms with Crippen LogP contribution < -0.4 is 14.8 Å². The Hall–Kier alpha value is -1.46. The maximum atomic E-state index is 12.3. The Morgan fingerprint density at radius 2 is 2.00 bits per heavy atom. The van der Waals surface area contributed by atoms with Crippen LogP contribution in [0.5, 0.6) is 11.5 Å². The van der Waals surface area contributed by atoms with Crippen molar-refractivity contribution in [2.45, 2.75) is 25.9 Å². The molecule has 0 aliphatic carbocycles. The van der Waals surface area contributed by atoms with Crippen molar-refractivity contribution in [2.24, 2.45) is 0 Å². The van der Waals surface area contributed by atoms with Crippen LogP contribution >= 0.6 is 12.4 Å². The second-order valence-corrected chi connectivity index (χ2v) is 5.01. The molecule has 2 unspecified atom stereocenters. The molecule has 21 heavy (non-hydrogen) atoms. The number of amides is 1. The van der Waals surface area contributed by atoms with Crippen molar-refractivity contribution in [3.8, 4) is 11.5 Å². The lowest BCUT2D eigenvalue weighted by atomic mass is 10.1. The molecule has 1 N–H and O–H groups in total. The van der Waals surface area contributed by atoms with Crippen molar-refractivity contribution in [3.63, 3.8) is 0 Å². The lowest BCUT2D eigenvalue weighted by Crippen LogP contribution is -2.58. The molecule has 0 radical (unpaired) electrons.